The molecule has 1 saturated carbocycles. The minimum atomic E-state index is -0.791. The summed E-state index contributed by atoms with van der Waals surface area (Å²) in [7, 11) is 1.81. The summed E-state index contributed by atoms with van der Waals surface area (Å²) in [6.45, 7) is 1.64. The number of hydrogen-bond donors (Lipinski definition) is 0. The van der Waals surface area contributed by atoms with Gasteiger partial charge in [-0.2, -0.15) is 5.10 Å². The molecule has 0 bridgehead atoms. The maximum atomic E-state index is 12.6. The van der Waals surface area contributed by atoms with Crippen LogP contribution in [0.5, 0.6) is 0 Å². The van der Waals surface area contributed by atoms with E-state index in [0.717, 1.165) is 31.4 Å². The molecule has 1 amide bonds. The van der Waals surface area contributed by atoms with Gasteiger partial charge in [-0.3, -0.25) is 4.79 Å². The number of rotatable bonds is 5. The van der Waals surface area contributed by atoms with Gasteiger partial charge in [-0.15, -0.1) is 0 Å². The summed E-state index contributed by atoms with van der Waals surface area (Å²) >= 11 is 0. The highest BCUT2D eigenvalue weighted by Crippen LogP contribution is 2.22. The Balaban J connectivity index is 1.58. The van der Waals surface area contributed by atoms with Crippen LogP contribution in [0.4, 0.5) is 0 Å². The first-order chi connectivity index (χ1) is 12.6. The van der Waals surface area contributed by atoms with Gasteiger partial charge < -0.3 is 9.64 Å². The van der Waals surface area contributed by atoms with Crippen molar-refractivity contribution in [2.45, 2.75) is 51.2 Å². The second-order valence-corrected chi connectivity index (χ2v) is 6.79. The molecule has 0 aliphatic heterocycles. The molecule has 1 aromatic carbocycles. The first-order valence-corrected chi connectivity index (χ1v) is 9.14. The zero-order valence-corrected chi connectivity index (χ0v) is 15.3. The minimum Gasteiger partial charge on any atom is -0.449 e. The van der Waals surface area contributed by atoms with Crippen molar-refractivity contribution in [3.63, 3.8) is 0 Å². The molecule has 1 aromatic heterocycles. The van der Waals surface area contributed by atoms with E-state index in [1.165, 1.54) is 6.42 Å². The van der Waals surface area contributed by atoms with Crippen molar-refractivity contribution in [1.29, 1.82) is 0 Å². The Labute approximate surface area is 153 Å². The highest BCUT2D eigenvalue weighted by atomic mass is 16.5. The number of esters is 1. The third-order valence-corrected chi connectivity index (χ3v) is 4.97. The first kappa shape index (κ1) is 18.2. The fraction of sp³-hybridized carbons (Fsp3) is 0.450. The Kier molecular flexibility index (Phi) is 5.71. The molecule has 0 spiro atoms. The van der Waals surface area contributed by atoms with E-state index in [1.807, 2.05) is 19.3 Å². The lowest BCUT2D eigenvalue weighted by molar-refractivity contribution is -0.141. The molecular weight excluding hydrogens is 330 g/mol. The number of carbonyl (C=O) groups excluding carboxylic acids is 2. The lowest BCUT2D eigenvalue weighted by Gasteiger charge is -2.32. The largest absolute Gasteiger partial charge is 0.449 e. The Morgan fingerprint density at radius 2 is 1.88 bits per heavy atom. The van der Waals surface area contributed by atoms with Crippen LogP contribution in [0.3, 0.4) is 0 Å². The van der Waals surface area contributed by atoms with Gasteiger partial charge in [0.1, 0.15) is 0 Å². The van der Waals surface area contributed by atoms with Crippen molar-refractivity contribution in [3.8, 4) is 5.69 Å². The number of ether oxygens (including phenoxy) is 1. The monoisotopic (exact) mass is 355 g/mol. The average molecular weight is 355 g/mol. The Morgan fingerprint density at radius 1 is 1.19 bits per heavy atom. The molecule has 1 aliphatic rings. The third kappa shape index (κ3) is 4.12. The van der Waals surface area contributed by atoms with E-state index >= 15 is 0 Å². The maximum Gasteiger partial charge on any atom is 0.338 e. The molecule has 1 heterocycles. The van der Waals surface area contributed by atoms with E-state index in [2.05, 4.69) is 5.10 Å². The van der Waals surface area contributed by atoms with Gasteiger partial charge >= 0.3 is 5.97 Å². The normalized spacial score (nSPS) is 16.1. The smallest absolute Gasteiger partial charge is 0.338 e. The minimum absolute atomic E-state index is 0.140. The summed E-state index contributed by atoms with van der Waals surface area (Å²) < 4.78 is 7.10. The number of carbonyl (C=O) groups is 2. The molecule has 1 fully saturated rings. The third-order valence-electron chi connectivity index (χ3n) is 4.97. The SMILES string of the molecule is CC(OC(=O)c1ccc(-n2cccn2)cc1)C(=O)N(C)C1CCCCC1. The van der Waals surface area contributed by atoms with Crippen molar-refractivity contribution in [2.75, 3.05) is 7.05 Å². The highest BCUT2D eigenvalue weighted by Gasteiger charge is 2.27. The molecular formula is C20H25N3O3. The number of amides is 1. The molecule has 138 valence electrons. The summed E-state index contributed by atoms with van der Waals surface area (Å²) in [5, 5.41) is 4.15. The van der Waals surface area contributed by atoms with Crippen molar-refractivity contribution >= 4 is 11.9 Å². The Hall–Kier alpha value is -2.63. The van der Waals surface area contributed by atoms with Gasteiger partial charge in [0.15, 0.2) is 6.10 Å². The lowest BCUT2D eigenvalue weighted by atomic mass is 9.94. The average Bonchev–Trinajstić information content (AvgIpc) is 3.22. The molecule has 1 aliphatic carbocycles. The molecule has 6 nitrogen and oxygen atoms in total. The molecule has 0 N–H and O–H groups in total. The van der Waals surface area contributed by atoms with Gasteiger partial charge in [0, 0.05) is 25.5 Å². The van der Waals surface area contributed by atoms with Crippen LogP contribution in [0.1, 0.15) is 49.4 Å². The van der Waals surface area contributed by atoms with E-state index < -0.39 is 12.1 Å². The van der Waals surface area contributed by atoms with Crippen molar-refractivity contribution < 1.29 is 14.3 Å². The van der Waals surface area contributed by atoms with Gasteiger partial charge in [-0.05, 0) is 50.1 Å². The van der Waals surface area contributed by atoms with E-state index in [9.17, 15) is 9.59 Å². The van der Waals surface area contributed by atoms with Crippen LogP contribution in [0.2, 0.25) is 0 Å². The molecule has 26 heavy (non-hydrogen) atoms. The summed E-state index contributed by atoms with van der Waals surface area (Å²) in [6, 6.07) is 9.04. The number of aromatic nitrogens is 2. The van der Waals surface area contributed by atoms with Crippen molar-refractivity contribution in [1.82, 2.24) is 14.7 Å². The molecule has 0 radical (unpaired) electrons. The maximum absolute atomic E-state index is 12.6. The van der Waals surface area contributed by atoms with Crippen LogP contribution >= 0.6 is 0 Å². The molecule has 1 atom stereocenters. The molecule has 1 unspecified atom stereocenters. The summed E-state index contributed by atoms with van der Waals surface area (Å²) in [4.78, 5) is 26.6. The lowest BCUT2D eigenvalue weighted by Crippen LogP contribution is -2.44. The summed E-state index contributed by atoms with van der Waals surface area (Å²) in [6.07, 6.45) is 8.32. The highest BCUT2D eigenvalue weighted by molar-refractivity contribution is 5.92. The second-order valence-electron chi connectivity index (χ2n) is 6.79. The van der Waals surface area contributed by atoms with Gasteiger partial charge in [0.05, 0.1) is 11.3 Å². The molecule has 6 heteroatoms. The number of benzene rings is 1. The second kappa shape index (κ2) is 8.17. The van der Waals surface area contributed by atoms with Gasteiger partial charge in [-0.1, -0.05) is 19.3 Å². The van der Waals surface area contributed by atoms with E-state index in [-0.39, 0.29) is 11.9 Å². The van der Waals surface area contributed by atoms with Crippen molar-refractivity contribution in [2.24, 2.45) is 0 Å². The fourth-order valence-electron chi connectivity index (χ4n) is 3.39. The zero-order valence-electron chi connectivity index (χ0n) is 15.3. The van der Waals surface area contributed by atoms with Gasteiger partial charge in [-0.25, -0.2) is 9.48 Å². The van der Waals surface area contributed by atoms with Crippen molar-refractivity contribution in [3.05, 3.63) is 48.3 Å². The zero-order chi connectivity index (χ0) is 18.5. The van der Waals surface area contributed by atoms with Crippen LogP contribution in [-0.2, 0) is 9.53 Å². The Morgan fingerprint density at radius 3 is 2.50 bits per heavy atom. The van der Waals surface area contributed by atoms with Crippen LogP contribution in [-0.4, -0.2) is 45.8 Å². The Bertz CT molecular complexity index is 734. The standard InChI is InChI=1S/C20H25N3O3/c1-15(19(24)22(2)17-7-4-3-5-8-17)26-20(25)16-9-11-18(12-10-16)23-14-6-13-21-23/h6,9-15,17H,3-5,7-8H2,1-2H3. The molecule has 3 rings (SSSR count). The van der Waals surface area contributed by atoms with Crippen LogP contribution < -0.4 is 0 Å². The van der Waals surface area contributed by atoms with Crippen LogP contribution in [0.15, 0.2) is 42.7 Å². The van der Waals surface area contributed by atoms with Crippen LogP contribution in [0, 0.1) is 0 Å². The van der Waals surface area contributed by atoms with E-state index in [0.29, 0.717) is 5.56 Å². The van der Waals surface area contributed by atoms with E-state index in [1.54, 1.807) is 47.0 Å². The summed E-state index contributed by atoms with van der Waals surface area (Å²) in [5.41, 5.74) is 1.27. The predicted octanol–water partition coefficient (Wildman–Crippen LogP) is 3.21. The number of likely N-dealkylation sites (N-methyl/N-ethyl adjacent to an activating group) is 1. The number of nitrogens with zero attached hydrogens (tertiary/aromatic N) is 3. The van der Waals surface area contributed by atoms with E-state index in [4.69, 9.17) is 4.74 Å². The topological polar surface area (TPSA) is 64.4 Å². The molecule has 2 aromatic rings. The van der Waals surface area contributed by atoms with Gasteiger partial charge in [0.25, 0.3) is 5.91 Å². The summed E-state index contributed by atoms with van der Waals surface area (Å²) in [5.74, 6) is -0.631. The first-order valence-electron chi connectivity index (χ1n) is 9.14. The van der Waals surface area contributed by atoms with Crippen LogP contribution in [0.25, 0.3) is 5.69 Å². The van der Waals surface area contributed by atoms with Gasteiger partial charge in [0.2, 0.25) is 0 Å². The fourth-order valence-corrected chi connectivity index (χ4v) is 3.39. The molecule has 0 saturated heterocycles. The number of hydrogen-bond acceptors (Lipinski definition) is 4. The predicted molar refractivity (Wildman–Crippen MR) is 98.1 cm³/mol. The quantitative estimate of drug-likeness (QED) is 0.773.